The van der Waals surface area contributed by atoms with Crippen molar-refractivity contribution < 1.29 is 23.9 Å². The first kappa shape index (κ1) is 19.5. The number of nitrogens with one attached hydrogen (secondary N) is 1. The van der Waals surface area contributed by atoms with E-state index in [-0.39, 0.29) is 6.04 Å². The lowest BCUT2D eigenvalue weighted by atomic mass is 9.94. The van der Waals surface area contributed by atoms with Crippen molar-refractivity contribution in [3.63, 3.8) is 0 Å². The van der Waals surface area contributed by atoms with Crippen LogP contribution in [0.4, 0.5) is 4.79 Å². The average molecular weight is 336 g/mol. The molecule has 132 valence electrons. The van der Waals surface area contributed by atoms with Crippen LogP contribution in [0, 0.1) is 0 Å². The van der Waals surface area contributed by atoms with Gasteiger partial charge in [0.2, 0.25) is 5.91 Å². The highest BCUT2D eigenvalue weighted by Gasteiger charge is 2.17. The third-order valence-corrected chi connectivity index (χ3v) is 3.27. The second-order valence-corrected chi connectivity index (χ2v) is 5.36. The summed E-state index contributed by atoms with van der Waals surface area (Å²) in [6.45, 7) is 3.71. The zero-order valence-electron chi connectivity index (χ0n) is 14.0. The zero-order valence-corrected chi connectivity index (χ0v) is 14.0. The summed E-state index contributed by atoms with van der Waals surface area (Å²) in [6, 6.07) is -0.0119. The maximum Gasteiger partial charge on any atom is 0.407 e. The smallest absolute Gasteiger partial charge is 0.407 e. The molecular weight excluding hydrogens is 312 g/mol. The first-order valence-corrected chi connectivity index (χ1v) is 7.89. The number of primary amides is 1. The van der Waals surface area contributed by atoms with Crippen LogP contribution in [-0.2, 0) is 19.1 Å². The molecule has 24 heavy (non-hydrogen) atoms. The van der Waals surface area contributed by atoms with Crippen molar-refractivity contribution in [2.75, 3.05) is 6.61 Å². The Hall–Kier alpha value is -2.57. The van der Waals surface area contributed by atoms with Crippen LogP contribution < -0.4 is 11.1 Å². The van der Waals surface area contributed by atoms with Crippen LogP contribution in [0.15, 0.2) is 36.0 Å². The van der Waals surface area contributed by atoms with E-state index in [1.165, 1.54) is 12.2 Å². The van der Waals surface area contributed by atoms with E-state index in [1.54, 1.807) is 19.9 Å². The minimum absolute atomic E-state index is 0.0119. The molecule has 0 fully saturated rings. The van der Waals surface area contributed by atoms with E-state index in [9.17, 15) is 14.4 Å². The summed E-state index contributed by atoms with van der Waals surface area (Å²) in [6.07, 6.45) is 8.86. The summed E-state index contributed by atoms with van der Waals surface area (Å²) in [4.78, 5) is 33.7. The predicted molar refractivity (Wildman–Crippen MR) is 88.9 cm³/mol. The lowest BCUT2D eigenvalue weighted by molar-refractivity contribution is -0.140. The Kier molecular flexibility index (Phi) is 8.32. The van der Waals surface area contributed by atoms with Crippen molar-refractivity contribution in [1.29, 1.82) is 0 Å². The van der Waals surface area contributed by atoms with Gasteiger partial charge in [0, 0.05) is 18.2 Å². The van der Waals surface area contributed by atoms with Gasteiger partial charge in [0.1, 0.15) is 6.10 Å². The van der Waals surface area contributed by atoms with Crippen LogP contribution in [0.5, 0.6) is 0 Å². The molecule has 2 amide bonds. The molecule has 0 heterocycles. The SMILES string of the molecule is CCOC(=O)N[C@@H]1CCC=C(/C=C/C(=O)OC(C)/C=C\C(N)=O)C1. The number of esters is 1. The highest BCUT2D eigenvalue weighted by molar-refractivity contribution is 5.86. The Morgan fingerprint density at radius 1 is 1.42 bits per heavy atom. The summed E-state index contributed by atoms with van der Waals surface area (Å²) >= 11 is 0. The fourth-order valence-electron chi connectivity index (χ4n) is 2.21. The van der Waals surface area contributed by atoms with E-state index in [0.717, 1.165) is 24.5 Å². The van der Waals surface area contributed by atoms with Gasteiger partial charge in [-0.3, -0.25) is 4.79 Å². The number of hydrogen-bond acceptors (Lipinski definition) is 5. The van der Waals surface area contributed by atoms with Crippen molar-refractivity contribution in [2.24, 2.45) is 5.73 Å². The Bertz CT molecular complexity index is 551. The third kappa shape index (κ3) is 8.17. The van der Waals surface area contributed by atoms with E-state index < -0.39 is 24.1 Å². The second-order valence-electron chi connectivity index (χ2n) is 5.36. The fraction of sp³-hybridized carbons (Fsp3) is 0.471. The molecule has 0 aliphatic heterocycles. The lowest BCUT2D eigenvalue weighted by Gasteiger charge is -2.22. The highest BCUT2D eigenvalue weighted by Crippen LogP contribution is 2.19. The molecular formula is C17H24N2O5. The molecule has 0 aromatic rings. The average Bonchev–Trinajstić information content (AvgIpc) is 2.51. The molecule has 0 spiro atoms. The van der Waals surface area contributed by atoms with Crippen molar-refractivity contribution in [1.82, 2.24) is 5.32 Å². The topological polar surface area (TPSA) is 108 Å². The summed E-state index contributed by atoms with van der Waals surface area (Å²) in [5.41, 5.74) is 5.91. The quantitative estimate of drug-likeness (QED) is 0.544. The molecule has 0 radical (unpaired) electrons. The van der Waals surface area contributed by atoms with Crippen LogP contribution in [0.2, 0.25) is 0 Å². The number of amides is 2. The molecule has 7 nitrogen and oxygen atoms in total. The second kappa shape index (κ2) is 10.3. The molecule has 1 rings (SSSR count). The minimum atomic E-state index is -0.596. The standard InChI is InChI=1S/C17H24N2O5/c1-3-23-17(22)19-14-6-4-5-13(11-14)8-10-16(21)24-12(2)7-9-15(18)20/h5,7-10,12,14H,3-4,6,11H2,1-2H3,(H2,18,20)(H,19,22)/b9-7-,10-8+/t12?,14-/m1/s1. The van der Waals surface area contributed by atoms with Crippen LogP contribution >= 0.6 is 0 Å². The van der Waals surface area contributed by atoms with Crippen molar-refractivity contribution in [3.05, 3.63) is 36.0 Å². The maximum absolute atomic E-state index is 11.7. The van der Waals surface area contributed by atoms with Crippen LogP contribution in [0.3, 0.4) is 0 Å². The highest BCUT2D eigenvalue weighted by atomic mass is 16.5. The van der Waals surface area contributed by atoms with E-state index in [1.807, 2.05) is 6.08 Å². The van der Waals surface area contributed by atoms with Gasteiger partial charge < -0.3 is 20.5 Å². The number of carbonyl (C=O) groups is 3. The van der Waals surface area contributed by atoms with E-state index in [0.29, 0.717) is 13.0 Å². The number of carbonyl (C=O) groups excluding carboxylic acids is 3. The number of ether oxygens (including phenoxy) is 2. The zero-order chi connectivity index (χ0) is 17.9. The van der Waals surface area contributed by atoms with E-state index in [2.05, 4.69) is 5.32 Å². The van der Waals surface area contributed by atoms with Gasteiger partial charge >= 0.3 is 12.1 Å². The summed E-state index contributed by atoms with van der Waals surface area (Å²) in [5, 5.41) is 2.79. The molecule has 7 heteroatoms. The Balaban J connectivity index is 2.45. The van der Waals surface area contributed by atoms with E-state index >= 15 is 0 Å². The molecule has 0 aromatic carbocycles. The largest absolute Gasteiger partial charge is 0.455 e. The molecule has 1 aliphatic rings. The number of alkyl carbamates (subject to hydrolysis) is 1. The fourth-order valence-corrected chi connectivity index (χ4v) is 2.21. The number of allylic oxidation sites excluding steroid dienone is 2. The van der Waals surface area contributed by atoms with Gasteiger partial charge in [-0.15, -0.1) is 0 Å². The predicted octanol–water partition coefficient (Wildman–Crippen LogP) is 1.74. The van der Waals surface area contributed by atoms with Crippen molar-refractivity contribution in [3.8, 4) is 0 Å². The van der Waals surface area contributed by atoms with Gasteiger partial charge in [-0.1, -0.05) is 12.2 Å². The molecule has 0 saturated heterocycles. The number of hydrogen-bond donors (Lipinski definition) is 2. The molecule has 1 aliphatic carbocycles. The monoisotopic (exact) mass is 336 g/mol. The molecule has 0 aromatic heterocycles. The first-order valence-electron chi connectivity index (χ1n) is 7.89. The van der Waals surface area contributed by atoms with Crippen molar-refractivity contribution in [2.45, 2.75) is 45.3 Å². The van der Waals surface area contributed by atoms with Crippen LogP contribution in [0.25, 0.3) is 0 Å². The summed E-state index contributed by atoms with van der Waals surface area (Å²) in [7, 11) is 0. The Morgan fingerprint density at radius 2 is 2.17 bits per heavy atom. The van der Waals surface area contributed by atoms with Gasteiger partial charge in [-0.25, -0.2) is 9.59 Å². The van der Waals surface area contributed by atoms with E-state index in [4.69, 9.17) is 15.2 Å². The van der Waals surface area contributed by atoms with Gasteiger partial charge in [-0.05, 0) is 44.8 Å². The molecule has 0 bridgehead atoms. The van der Waals surface area contributed by atoms with Crippen molar-refractivity contribution >= 4 is 18.0 Å². The normalized spacial score (nSPS) is 18.9. The van der Waals surface area contributed by atoms with Gasteiger partial charge in [0.15, 0.2) is 0 Å². The van der Waals surface area contributed by atoms with Crippen LogP contribution in [0.1, 0.15) is 33.1 Å². The number of rotatable bonds is 7. The van der Waals surface area contributed by atoms with Gasteiger partial charge in [-0.2, -0.15) is 0 Å². The van der Waals surface area contributed by atoms with Gasteiger partial charge in [0.05, 0.1) is 6.61 Å². The van der Waals surface area contributed by atoms with Crippen LogP contribution in [-0.4, -0.2) is 36.7 Å². The summed E-state index contributed by atoms with van der Waals surface area (Å²) in [5.74, 6) is -1.11. The minimum Gasteiger partial charge on any atom is -0.455 e. The summed E-state index contributed by atoms with van der Waals surface area (Å²) < 4.78 is 9.94. The lowest BCUT2D eigenvalue weighted by Crippen LogP contribution is -2.36. The Morgan fingerprint density at radius 3 is 2.83 bits per heavy atom. The number of nitrogens with two attached hydrogens (primary N) is 1. The molecule has 3 N–H and O–H groups in total. The third-order valence-electron chi connectivity index (χ3n) is 3.27. The Labute approximate surface area is 141 Å². The molecule has 0 saturated carbocycles. The molecule has 1 unspecified atom stereocenters. The van der Waals surface area contributed by atoms with Gasteiger partial charge in [0.25, 0.3) is 0 Å². The first-order chi connectivity index (χ1) is 11.4. The maximum atomic E-state index is 11.7. The molecule has 2 atom stereocenters.